The van der Waals surface area contributed by atoms with Crippen LogP contribution in [0.25, 0.3) is 0 Å². The summed E-state index contributed by atoms with van der Waals surface area (Å²) in [7, 11) is 1.67. The maximum absolute atomic E-state index is 13.6. The highest BCUT2D eigenvalue weighted by atomic mass is 79.9. The van der Waals surface area contributed by atoms with Crippen LogP contribution in [0, 0.1) is 5.82 Å². The van der Waals surface area contributed by atoms with E-state index < -0.39 is 0 Å². The summed E-state index contributed by atoms with van der Waals surface area (Å²) in [6.45, 7) is 4.80. The summed E-state index contributed by atoms with van der Waals surface area (Å²) in [6.07, 6.45) is 0. The fourth-order valence-electron chi connectivity index (χ4n) is 1.96. The quantitative estimate of drug-likeness (QED) is 0.839. The summed E-state index contributed by atoms with van der Waals surface area (Å²) < 4.78 is 19.1. The van der Waals surface area contributed by atoms with Crippen molar-refractivity contribution in [3.8, 4) is 0 Å². The van der Waals surface area contributed by atoms with Gasteiger partial charge in [-0.3, -0.25) is 4.90 Å². The number of benzene rings is 1. The van der Waals surface area contributed by atoms with Crippen molar-refractivity contribution in [2.45, 2.75) is 13.0 Å². The Morgan fingerprint density at radius 2 is 2.22 bits per heavy atom. The minimum atomic E-state index is -0.256. The first-order chi connectivity index (χ1) is 8.63. The molecule has 0 radical (unpaired) electrons. The Morgan fingerprint density at radius 3 is 2.72 bits per heavy atom. The van der Waals surface area contributed by atoms with Gasteiger partial charge in [-0.25, -0.2) is 4.39 Å². The van der Waals surface area contributed by atoms with Gasteiger partial charge in [0.1, 0.15) is 5.82 Å². The minimum Gasteiger partial charge on any atom is -0.383 e. The topological polar surface area (TPSA) is 38.5 Å². The minimum absolute atomic E-state index is 0.0211. The summed E-state index contributed by atoms with van der Waals surface area (Å²) in [5, 5.41) is 0. The van der Waals surface area contributed by atoms with Crippen molar-refractivity contribution in [3.63, 3.8) is 0 Å². The molecule has 0 saturated heterocycles. The van der Waals surface area contributed by atoms with Crippen molar-refractivity contribution in [3.05, 3.63) is 34.1 Å². The van der Waals surface area contributed by atoms with Crippen LogP contribution in [0.5, 0.6) is 0 Å². The Balaban J connectivity index is 2.88. The van der Waals surface area contributed by atoms with Gasteiger partial charge in [0, 0.05) is 26.2 Å². The Bertz CT molecular complexity index is 376. The van der Waals surface area contributed by atoms with Crippen LogP contribution >= 0.6 is 15.9 Å². The first-order valence-electron chi connectivity index (χ1n) is 6.02. The number of rotatable bonds is 7. The Morgan fingerprint density at radius 1 is 1.50 bits per heavy atom. The molecule has 0 aliphatic rings. The number of nitrogens with two attached hydrogens (primary N) is 1. The fraction of sp³-hybridized carbons (Fsp3) is 0.538. The van der Waals surface area contributed by atoms with Crippen molar-refractivity contribution in [2.75, 3.05) is 33.4 Å². The lowest BCUT2D eigenvalue weighted by Crippen LogP contribution is -2.36. The first-order valence-corrected chi connectivity index (χ1v) is 6.81. The molecule has 2 N–H and O–H groups in total. The van der Waals surface area contributed by atoms with Crippen LogP contribution in [0.2, 0.25) is 0 Å². The molecule has 0 spiro atoms. The Hall–Kier alpha value is -0.490. The number of nitrogens with zero attached hydrogens (tertiary/aromatic N) is 1. The summed E-state index contributed by atoms with van der Waals surface area (Å²) in [6, 6.07) is 5.18. The second-order valence-electron chi connectivity index (χ2n) is 4.05. The fourth-order valence-corrected chi connectivity index (χ4v) is 2.21. The number of hydrogen-bond acceptors (Lipinski definition) is 3. The standard InChI is InChI=1S/C13H20BrFN2O/c1-3-17(6-7-18-2)13(9-16)10-4-5-11(14)12(15)8-10/h4-5,8,13H,3,6-7,9,16H2,1-2H3. The lowest BCUT2D eigenvalue weighted by atomic mass is 10.1. The average Bonchev–Trinajstić information content (AvgIpc) is 2.38. The van der Waals surface area contributed by atoms with Crippen LogP contribution in [0.15, 0.2) is 22.7 Å². The molecule has 0 fully saturated rings. The van der Waals surface area contributed by atoms with Gasteiger partial charge in [-0.15, -0.1) is 0 Å². The molecule has 0 aliphatic carbocycles. The Kier molecular flexibility index (Phi) is 6.78. The van der Waals surface area contributed by atoms with E-state index in [2.05, 4.69) is 27.8 Å². The van der Waals surface area contributed by atoms with Gasteiger partial charge < -0.3 is 10.5 Å². The van der Waals surface area contributed by atoms with E-state index in [0.717, 1.165) is 18.7 Å². The predicted molar refractivity (Wildman–Crippen MR) is 75.0 cm³/mol. The summed E-state index contributed by atoms with van der Waals surface area (Å²) in [5.74, 6) is -0.256. The van der Waals surface area contributed by atoms with Crippen LogP contribution in [0.1, 0.15) is 18.5 Å². The van der Waals surface area contributed by atoms with Gasteiger partial charge in [-0.1, -0.05) is 13.0 Å². The third-order valence-electron chi connectivity index (χ3n) is 2.98. The van der Waals surface area contributed by atoms with E-state index >= 15 is 0 Å². The van der Waals surface area contributed by atoms with Gasteiger partial charge in [0.25, 0.3) is 0 Å². The average molecular weight is 319 g/mol. The van der Waals surface area contributed by atoms with Crippen LogP contribution in [-0.2, 0) is 4.74 Å². The van der Waals surface area contributed by atoms with Gasteiger partial charge in [0.15, 0.2) is 0 Å². The zero-order valence-electron chi connectivity index (χ0n) is 10.8. The molecule has 0 aromatic heterocycles. The van der Waals surface area contributed by atoms with Gasteiger partial charge in [-0.2, -0.15) is 0 Å². The van der Waals surface area contributed by atoms with E-state index in [0.29, 0.717) is 17.6 Å². The lowest BCUT2D eigenvalue weighted by Gasteiger charge is -2.30. The molecule has 18 heavy (non-hydrogen) atoms. The van der Waals surface area contributed by atoms with Gasteiger partial charge in [0.05, 0.1) is 11.1 Å². The van der Waals surface area contributed by atoms with E-state index in [-0.39, 0.29) is 11.9 Å². The molecule has 0 aliphatic heterocycles. The number of ether oxygens (including phenoxy) is 1. The SMILES string of the molecule is CCN(CCOC)C(CN)c1ccc(Br)c(F)c1. The molecular formula is C13H20BrFN2O. The number of methoxy groups -OCH3 is 1. The van der Waals surface area contributed by atoms with E-state index in [1.54, 1.807) is 13.2 Å². The molecule has 5 heteroatoms. The summed E-state index contributed by atoms with van der Waals surface area (Å²) in [4.78, 5) is 2.19. The number of hydrogen-bond donors (Lipinski definition) is 1. The highest BCUT2D eigenvalue weighted by Gasteiger charge is 2.18. The summed E-state index contributed by atoms with van der Waals surface area (Å²) in [5.41, 5.74) is 6.72. The maximum atomic E-state index is 13.6. The normalized spacial score (nSPS) is 13.0. The molecule has 3 nitrogen and oxygen atoms in total. The maximum Gasteiger partial charge on any atom is 0.137 e. The third-order valence-corrected chi connectivity index (χ3v) is 3.62. The van der Waals surface area contributed by atoms with E-state index in [9.17, 15) is 4.39 Å². The van der Waals surface area contributed by atoms with Crippen molar-refractivity contribution < 1.29 is 9.13 Å². The highest BCUT2D eigenvalue weighted by Crippen LogP contribution is 2.24. The van der Waals surface area contributed by atoms with Gasteiger partial charge in [0.2, 0.25) is 0 Å². The van der Waals surface area contributed by atoms with E-state index in [4.69, 9.17) is 10.5 Å². The first kappa shape index (κ1) is 15.6. The van der Waals surface area contributed by atoms with Gasteiger partial charge in [-0.05, 0) is 40.2 Å². The zero-order chi connectivity index (χ0) is 13.5. The highest BCUT2D eigenvalue weighted by molar-refractivity contribution is 9.10. The van der Waals surface area contributed by atoms with Crippen molar-refractivity contribution in [1.82, 2.24) is 4.90 Å². The smallest absolute Gasteiger partial charge is 0.137 e. The largest absolute Gasteiger partial charge is 0.383 e. The van der Waals surface area contributed by atoms with Crippen LogP contribution in [0.4, 0.5) is 4.39 Å². The van der Waals surface area contributed by atoms with Crippen molar-refractivity contribution in [1.29, 1.82) is 0 Å². The molecule has 0 heterocycles. The molecule has 1 aromatic rings. The molecule has 102 valence electrons. The second kappa shape index (κ2) is 7.84. The predicted octanol–water partition coefficient (Wildman–Crippen LogP) is 2.56. The van der Waals surface area contributed by atoms with E-state index in [1.807, 2.05) is 6.07 Å². The van der Waals surface area contributed by atoms with Crippen LogP contribution in [-0.4, -0.2) is 38.3 Å². The lowest BCUT2D eigenvalue weighted by molar-refractivity contribution is 0.125. The number of halogens is 2. The third kappa shape index (κ3) is 4.02. The molecule has 0 saturated carbocycles. The van der Waals surface area contributed by atoms with E-state index in [1.165, 1.54) is 6.07 Å². The molecule has 0 amide bonds. The molecule has 0 bridgehead atoms. The molecule has 1 aromatic carbocycles. The van der Waals surface area contributed by atoms with Crippen LogP contribution in [0.3, 0.4) is 0 Å². The molecule has 1 atom stereocenters. The Labute approximate surface area is 116 Å². The van der Waals surface area contributed by atoms with Gasteiger partial charge >= 0.3 is 0 Å². The number of likely N-dealkylation sites (N-methyl/N-ethyl adjacent to an activating group) is 1. The van der Waals surface area contributed by atoms with Crippen molar-refractivity contribution in [2.24, 2.45) is 5.73 Å². The zero-order valence-corrected chi connectivity index (χ0v) is 12.4. The molecular weight excluding hydrogens is 299 g/mol. The van der Waals surface area contributed by atoms with Crippen LogP contribution < -0.4 is 5.73 Å². The molecule has 1 rings (SSSR count). The monoisotopic (exact) mass is 318 g/mol. The second-order valence-corrected chi connectivity index (χ2v) is 4.90. The van der Waals surface area contributed by atoms with Crippen molar-refractivity contribution >= 4 is 15.9 Å². The molecule has 1 unspecified atom stereocenters. The summed E-state index contributed by atoms with van der Waals surface area (Å²) >= 11 is 3.16.